The van der Waals surface area contributed by atoms with Crippen LogP contribution in [0.2, 0.25) is 0 Å². The van der Waals surface area contributed by atoms with E-state index in [1.54, 1.807) is 0 Å². The maximum absolute atomic E-state index is 12.4. The van der Waals surface area contributed by atoms with Crippen molar-refractivity contribution >= 4 is 11.6 Å². The van der Waals surface area contributed by atoms with Crippen LogP contribution in [0.4, 0.5) is 5.69 Å². The monoisotopic (exact) mass is 356 g/mol. The highest BCUT2D eigenvalue weighted by atomic mass is 16.5. The number of ether oxygens (including phenoxy) is 1. The van der Waals surface area contributed by atoms with Crippen molar-refractivity contribution in [1.82, 2.24) is 10.2 Å². The Morgan fingerprint density at radius 2 is 2.00 bits per heavy atom. The van der Waals surface area contributed by atoms with Crippen molar-refractivity contribution in [3.05, 3.63) is 24.3 Å². The summed E-state index contributed by atoms with van der Waals surface area (Å²) in [6.07, 6.45) is 2.06. The average molecular weight is 356 g/mol. The molecule has 1 amide bonds. The van der Waals surface area contributed by atoms with E-state index in [4.69, 9.17) is 4.74 Å². The molecule has 6 heteroatoms. The summed E-state index contributed by atoms with van der Waals surface area (Å²) in [4.78, 5) is 16.8. The van der Waals surface area contributed by atoms with Crippen molar-refractivity contribution in [1.29, 1.82) is 5.26 Å². The van der Waals surface area contributed by atoms with Crippen LogP contribution < -0.4 is 15.0 Å². The number of anilines is 1. The van der Waals surface area contributed by atoms with Crippen LogP contribution in [0.1, 0.15) is 26.7 Å². The molecule has 0 aromatic heterocycles. The summed E-state index contributed by atoms with van der Waals surface area (Å²) in [6, 6.07) is 10.4. The van der Waals surface area contributed by atoms with Gasteiger partial charge in [0.05, 0.1) is 24.9 Å². The van der Waals surface area contributed by atoms with Crippen LogP contribution in [0, 0.1) is 17.2 Å². The maximum Gasteiger partial charge on any atom is 0.235 e. The number of carbonyl (C=O) groups is 1. The molecule has 1 aromatic carbocycles. The molecule has 1 saturated carbocycles. The minimum Gasteiger partial charge on any atom is -0.492 e. The van der Waals surface area contributed by atoms with Crippen LogP contribution in [0.5, 0.6) is 5.75 Å². The molecule has 1 aromatic rings. The Balaban J connectivity index is 1.51. The number of nitrogens with zero attached hydrogens (tertiary/aromatic N) is 3. The van der Waals surface area contributed by atoms with Crippen molar-refractivity contribution in [2.45, 2.75) is 32.2 Å². The predicted octanol–water partition coefficient (Wildman–Crippen LogP) is 2.02. The molecule has 2 fully saturated rings. The summed E-state index contributed by atoms with van der Waals surface area (Å²) >= 11 is 0. The van der Waals surface area contributed by atoms with E-state index in [1.165, 1.54) is 0 Å². The van der Waals surface area contributed by atoms with Gasteiger partial charge in [-0.25, -0.2) is 0 Å². The Morgan fingerprint density at radius 1 is 1.31 bits per heavy atom. The first-order valence-corrected chi connectivity index (χ1v) is 9.47. The second kappa shape index (κ2) is 7.96. The zero-order valence-electron chi connectivity index (χ0n) is 15.7. The van der Waals surface area contributed by atoms with Gasteiger partial charge in [0, 0.05) is 26.2 Å². The van der Waals surface area contributed by atoms with Crippen molar-refractivity contribution < 1.29 is 9.53 Å². The third kappa shape index (κ3) is 4.28. The van der Waals surface area contributed by atoms with Gasteiger partial charge in [-0.1, -0.05) is 12.1 Å². The lowest BCUT2D eigenvalue weighted by Gasteiger charge is -2.36. The number of nitrogens with one attached hydrogen (secondary N) is 1. The van der Waals surface area contributed by atoms with Crippen LogP contribution in [0.15, 0.2) is 24.3 Å². The fourth-order valence-corrected chi connectivity index (χ4v) is 3.56. The lowest BCUT2D eigenvalue weighted by Crippen LogP contribution is -2.53. The summed E-state index contributed by atoms with van der Waals surface area (Å²) in [6.45, 7) is 8.18. The molecular weight excluding hydrogens is 328 g/mol. The Morgan fingerprint density at radius 3 is 2.62 bits per heavy atom. The van der Waals surface area contributed by atoms with Gasteiger partial charge in [0.25, 0.3) is 0 Å². The molecule has 1 heterocycles. The van der Waals surface area contributed by atoms with E-state index < -0.39 is 5.54 Å². The maximum atomic E-state index is 12.4. The number of amides is 1. The molecule has 1 N–H and O–H groups in total. The van der Waals surface area contributed by atoms with Gasteiger partial charge in [0.2, 0.25) is 5.91 Å². The molecule has 1 aliphatic heterocycles. The fourth-order valence-electron chi connectivity index (χ4n) is 3.56. The molecule has 0 radical (unpaired) electrons. The zero-order valence-corrected chi connectivity index (χ0v) is 15.7. The van der Waals surface area contributed by atoms with Gasteiger partial charge in [-0.05, 0) is 44.7 Å². The van der Waals surface area contributed by atoms with Crippen LogP contribution in [0.3, 0.4) is 0 Å². The topological polar surface area (TPSA) is 68.6 Å². The molecule has 0 spiro atoms. The molecule has 2 aliphatic rings. The lowest BCUT2D eigenvalue weighted by atomic mass is 9.98. The van der Waals surface area contributed by atoms with Gasteiger partial charge >= 0.3 is 0 Å². The Bertz CT molecular complexity index is 675. The molecule has 1 saturated heterocycles. The molecule has 0 unspecified atom stereocenters. The van der Waals surface area contributed by atoms with E-state index in [0.29, 0.717) is 19.1 Å². The predicted molar refractivity (Wildman–Crippen MR) is 101 cm³/mol. The first kappa shape index (κ1) is 18.5. The number of para-hydroxylation sites is 2. The lowest BCUT2D eigenvalue weighted by molar-refractivity contribution is -0.123. The minimum absolute atomic E-state index is 0.0517. The number of benzene rings is 1. The molecule has 26 heavy (non-hydrogen) atoms. The smallest absolute Gasteiger partial charge is 0.235 e. The average Bonchev–Trinajstić information content (AvgIpc) is 3.49. The highest BCUT2D eigenvalue weighted by Gasteiger charge is 2.43. The van der Waals surface area contributed by atoms with E-state index in [9.17, 15) is 10.1 Å². The minimum atomic E-state index is -0.713. The largest absolute Gasteiger partial charge is 0.492 e. The number of piperazine rings is 1. The Hall–Kier alpha value is -2.26. The van der Waals surface area contributed by atoms with Gasteiger partial charge in [-0.15, -0.1) is 0 Å². The van der Waals surface area contributed by atoms with Gasteiger partial charge < -0.3 is 15.0 Å². The summed E-state index contributed by atoms with van der Waals surface area (Å²) < 4.78 is 5.73. The van der Waals surface area contributed by atoms with Gasteiger partial charge in [0.15, 0.2) is 0 Å². The third-order valence-electron chi connectivity index (χ3n) is 5.27. The number of hydrogen-bond acceptors (Lipinski definition) is 5. The Labute approximate surface area is 155 Å². The second-order valence-electron chi connectivity index (χ2n) is 7.30. The normalized spacial score (nSPS) is 20.1. The molecule has 6 nitrogen and oxygen atoms in total. The molecule has 3 rings (SSSR count). The summed E-state index contributed by atoms with van der Waals surface area (Å²) in [5.41, 5.74) is 0.402. The standard InChI is InChI=1S/C20H28N4O2/c1-3-26-18-7-5-4-6-17(18)24-12-10-23(11-13-24)14-19(25)22-20(2,15-21)16-8-9-16/h4-7,16H,3,8-14H2,1-2H3,(H,22,25)/t20-/m0/s1. The van der Waals surface area contributed by atoms with Gasteiger partial charge in [-0.2, -0.15) is 5.26 Å². The molecule has 1 atom stereocenters. The van der Waals surface area contributed by atoms with E-state index in [0.717, 1.165) is 50.5 Å². The molecule has 140 valence electrons. The van der Waals surface area contributed by atoms with E-state index in [2.05, 4.69) is 27.3 Å². The third-order valence-corrected chi connectivity index (χ3v) is 5.27. The van der Waals surface area contributed by atoms with Crippen LogP contribution in [0.25, 0.3) is 0 Å². The van der Waals surface area contributed by atoms with Crippen LogP contribution >= 0.6 is 0 Å². The van der Waals surface area contributed by atoms with E-state index >= 15 is 0 Å². The summed E-state index contributed by atoms with van der Waals surface area (Å²) in [5.74, 6) is 1.17. The zero-order chi connectivity index (χ0) is 18.6. The number of hydrogen-bond donors (Lipinski definition) is 1. The SMILES string of the molecule is CCOc1ccccc1N1CCN(CC(=O)N[C@@](C)(C#N)C2CC2)CC1. The summed E-state index contributed by atoms with van der Waals surface area (Å²) in [7, 11) is 0. The van der Waals surface area contributed by atoms with Crippen molar-refractivity contribution in [2.24, 2.45) is 5.92 Å². The number of nitriles is 1. The second-order valence-corrected chi connectivity index (χ2v) is 7.30. The fraction of sp³-hybridized carbons (Fsp3) is 0.600. The van der Waals surface area contributed by atoms with Crippen LogP contribution in [-0.2, 0) is 4.79 Å². The highest BCUT2D eigenvalue weighted by molar-refractivity contribution is 5.79. The van der Waals surface area contributed by atoms with Crippen molar-refractivity contribution in [3.8, 4) is 11.8 Å². The molecular formula is C20H28N4O2. The van der Waals surface area contributed by atoms with Crippen molar-refractivity contribution in [3.63, 3.8) is 0 Å². The first-order valence-electron chi connectivity index (χ1n) is 9.47. The first-order chi connectivity index (χ1) is 12.6. The van der Waals surface area contributed by atoms with Crippen LogP contribution in [-0.4, -0.2) is 55.7 Å². The molecule has 0 bridgehead atoms. The quantitative estimate of drug-likeness (QED) is 0.809. The Kier molecular flexibility index (Phi) is 5.67. The van der Waals surface area contributed by atoms with E-state index in [-0.39, 0.29) is 5.91 Å². The number of rotatable bonds is 7. The van der Waals surface area contributed by atoms with Gasteiger partial charge in [0.1, 0.15) is 11.3 Å². The van der Waals surface area contributed by atoms with Gasteiger partial charge in [-0.3, -0.25) is 9.69 Å². The molecule has 1 aliphatic carbocycles. The highest BCUT2D eigenvalue weighted by Crippen LogP contribution is 2.39. The van der Waals surface area contributed by atoms with Crippen molar-refractivity contribution in [2.75, 3.05) is 44.2 Å². The summed E-state index contributed by atoms with van der Waals surface area (Å²) in [5, 5.41) is 12.3. The van der Waals surface area contributed by atoms with E-state index in [1.807, 2.05) is 32.0 Å². The number of carbonyl (C=O) groups excluding carboxylic acids is 1.